The average Bonchev–Trinajstić information content (AvgIpc) is 2.07. The van der Waals surface area contributed by atoms with E-state index in [4.69, 9.17) is 27.6 Å². The molecule has 0 aromatic rings. The highest BCUT2D eigenvalue weighted by molar-refractivity contribution is 7.12. The van der Waals surface area contributed by atoms with E-state index in [1.165, 1.54) is 6.04 Å². The zero-order valence-electron chi connectivity index (χ0n) is 8.30. The average molecular weight is 273 g/mol. The number of hydrogen-bond donors (Lipinski definition) is 0. The molecule has 0 radical (unpaired) electrons. The van der Waals surface area contributed by atoms with Crippen LogP contribution in [0.5, 0.6) is 0 Å². The quantitative estimate of drug-likeness (QED) is 0.558. The van der Waals surface area contributed by atoms with Gasteiger partial charge in [-0.2, -0.15) is 0 Å². The monoisotopic (exact) mass is 272 g/mol. The molecule has 1 fully saturated rings. The van der Waals surface area contributed by atoms with Crippen LogP contribution in [0.15, 0.2) is 0 Å². The molecule has 3 atom stereocenters. The fraction of sp³-hybridized carbons (Fsp3) is 1.00. The van der Waals surface area contributed by atoms with E-state index in [2.05, 4.69) is 13.1 Å². The minimum atomic E-state index is -0.821. The first kappa shape index (κ1) is 12.3. The van der Waals surface area contributed by atoms with E-state index in [0.717, 1.165) is 6.42 Å². The van der Waals surface area contributed by atoms with Crippen LogP contribution in [0, 0.1) is 0 Å². The summed E-state index contributed by atoms with van der Waals surface area (Å²) in [7, 11) is -1.06. The summed E-state index contributed by atoms with van der Waals surface area (Å²) in [5.74, 6) is 0. The molecule has 0 amide bonds. The van der Waals surface area contributed by atoms with Crippen molar-refractivity contribution >= 4 is 49.6 Å². The molecule has 1 nitrogen and oxygen atoms in total. The second-order valence-corrected chi connectivity index (χ2v) is 17.4. The molecule has 0 aromatic heterocycles. The minimum Gasteiger partial charge on any atom is -0.407 e. The molecule has 1 saturated heterocycles. The predicted octanol–water partition coefficient (Wildman–Crippen LogP) is 1.41. The first-order valence-corrected chi connectivity index (χ1v) is 14.6. The molecule has 1 aliphatic rings. The Morgan fingerprint density at radius 1 is 1.54 bits per heavy atom. The van der Waals surface area contributed by atoms with Crippen molar-refractivity contribution in [2.45, 2.75) is 42.2 Å². The third-order valence-corrected chi connectivity index (χ3v) is 18.6. The molecule has 3 unspecified atom stereocenters. The summed E-state index contributed by atoms with van der Waals surface area (Å²) in [6, 6.07) is 1.28. The van der Waals surface area contributed by atoms with Crippen molar-refractivity contribution in [3.63, 3.8) is 0 Å². The fourth-order valence-corrected chi connectivity index (χ4v) is 20.9. The summed E-state index contributed by atoms with van der Waals surface area (Å²) < 4.78 is 5.81. The second-order valence-electron chi connectivity index (χ2n) is 4.17. The van der Waals surface area contributed by atoms with Gasteiger partial charge in [0, 0.05) is 17.8 Å². The summed E-state index contributed by atoms with van der Waals surface area (Å²) in [4.78, 5) is 0. The lowest BCUT2D eigenvalue weighted by Crippen LogP contribution is -2.39. The van der Waals surface area contributed by atoms with Crippen LogP contribution in [0.3, 0.4) is 0 Å². The highest BCUT2D eigenvalue weighted by Gasteiger charge is 2.29. The zero-order chi connectivity index (χ0) is 9.84. The van der Waals surface area contributed by atoms with Gasteiger partial charge in [0.1, 0.15) is 5.56 Å². The standard InChI is InChI=1S/C7H18Cl2OSi3/c1-12(2)5-11-13-4-3-6(8)7(9)10-13/h6-7,12-13H,3-5,11H2,1-2H3. The SMILES string of the molecule is C[SiH](C)C[SiH2][SiH]1CCC(Cl)C(Cl)O1. The van der Waals surface area contributed by atoms with Gasteiger partial charge >= 0.3 is 0 Å². The van der Waals surface area contributed by atoms with E-state index in [0.29, 0.717) is 0 Å². The van der Waals surface area contributed by atoms with E-state index in [-0.39, 0.29) is 28.8 Å². The number of rotatable bonds is 3. The Labute approximate surface area is 96.1 Å². The van der Waals surface area contributed by atoms with Crippen LogP contribution in [0.4, 0.5) is 0 Å². The highest BCUT2D eigenvalue weighted by atomic mass is 35.5. The first-order chi connectivity index (χ1) is 6.09. The Hall–Kier alpha value is 1.19. The molecule has 1 rings (SSSR count). The normalized spacial score (nSPS) is 36.2. The summed E-state index contributed by atoms with van der Waals surface area (Å²) in [6.07, 6.45) is 1.10. The van der Waals surface area contributed by atoms with Gasteiger partial charge in [0.25, 0.3) is 0 Å². The van der Waals surface area contributed by atoms with Crippen molar-refractivity contribution in [3.8, 4) is 0 Å². The summed E-state index contributed by atoms with van der Waals surface area (Å²) >= 11 is 12.0. The van der Waals surface area contributed by atoms with Gasteiger partial charge in [0.05, 0.1) is 5.38 Å². The number of alkyl halides is 2. The molecule has 0 aromatic carbocycles. The maximum atomic E-state index is 5.99. The Kier molecular flexibility index (Phi) is 5.59. The maximum absolute atomic E-state index is 5.99. The van der Waals surface area contributed by atoms with E-state index < -0.39 is 8.56 Å². The van der Waals surface area contributed by atoms with Crippen molar-refractivity contribution in [2.75, 3.05) is 0 Å². The lowest BCUT2D eigenvalue weighted by atomic mass is 10.3. The van der Waals surface area contributed by atoms with E-state index in [1.807, 2.05) is 0 Å². The van der Waals surface area contributed by atoms with E-state index in [1.54, 1.807) is 5.67 Å². The van der Waals surface area contributed by atoms with Gasteiger partial charge in [0.2, 0.25) is 0 Å². The Balaban J connectivity index is 2.21. The summed E-state index contributed by atoms with van der Waals surface area (Å²) in [5, 5.41) is 0.0655. The predicted molar refractivity (Wildman–Crippen MR) is 69.2 cm³/mol. The molecule has 0 spiro atoms. The molecule has 0 bridgehead atoms. The molecule has 1 aliphatic heterocycles. The Bertz CT molecular complexity index is 159. The lowest BCUT2D eigenvalue weighted by molar-refractivity contribution is 0.261. The van der Waals surface area contributed by atoms with Crippen molar-refractivity contribution in [3.05, 3.63) is 0 Å². The topological polar surface area (TPSA) is 9.23 Å². The van der Waals surface area contributed by atoms with Crippen molar-refractivity contribution in [2.24, 2.45) is 0 Å². The summed E-state index contributed by atoms with van der Waals surface area (Å²) in [6.45, 7) is 4.85. The number of halogens is 2. The van der Waals surface area contributed by atoms with Gasteiger partial charge < -0.3 is 4.43 Å². The Morgan fingerprint density at radius 3 is 2.77 bits per heavy atom. The fourth-order valence-electron chi connectivity index (χ4n) is 1.54. The molecule has 0 N–H and O–H groups in total. The molecule has 6 heteroatoms. The van der Waals surface area contributed by atoms with Crippen molar-refractivity contribution in [1.29, 1.82) is 0 Å². The van der Waals surface area contributed by atoms with Crippen LogP contribution >= 0.6 is 23.2 Å². The third kappa shape index (κ3) is 4.49. The van der Waals surface area contributed by atoms with Gasteiger partial charge in [-0.15, -0.1) is 11.6 Å². The molecule has 78 valence electrons. The van der Waals surface area contributed by atoms with Gasteiger partial charge in [-0.25, -0.2) is 0 Å². The minimum absolute atomic E-state index is 0.0655. The van der Waals surface area contributed by atoms with E-state index in [9.17, 15) is 0 Å². The third-order valence-electron chi connectivity index (χ3n) is 2.44. The molecular formula is C7H18Cl2OSi3. The number of hydrogen-bond acceptors (Lipinski definition) is 1. The first-order valence-electron chi connectivity index (χ1n) is 5.03. The smallest absolute Gasteiger partial charge is 0.160 e. The van der Waals surface area contributed by atoms with Crippen molar-refractivity contribution in [1.82, 2.24) is 0 Å². The maximum Gasteiger partial charge on any atom is 0.160 e. The molecule has 0 aliphatic carbocycles. The lowest BCUT2D eigenvalue weighted by Gasteiger charge is -2.29. The highest BCUT2D eigenvalue weighted by Crippen LogP contribution is 2.25. The summed E-state index contributed by atoms with van der Waals surface area (Å²) in [5.41, 5.74) is 1.38. The molecule has 13 heavy (non-hydrogen) atoms. The van der Waals surface area contributed by atoms with Crippen LogP contribution in [0.25, 0.3) is 0 Å². The van der Waals surface area contributed by atoms with Crippen LogP contribution in [0.1, 0.15) is 6.42 Å². The van der Waals surface area contributed by atoms with Gasteiger partial charge in [0.15, 0.2) is 8.56 Å². The molecule has 0 saturated carbocycles. The van der Waals surface area contributed by atoms with Crippen LogP contribution in [-0.2, 0) is 4.43 Å². The largest absolute Gasteiger partial charge is 0.407 e. The Morgan fingerprint density at radius 2 is 2.23 bits per heavy atom. The molecular weight excluding hydrogens is 255 g/mol. The van der Waals surface area contributed by atoms with Crippen LogP contribution in [-0.4, -0.2) is 37.3 Å². The van der Waals surface area contributed by atoms with Crippen molar-refractivity contribution < 1.29 is 4.43 Å². The van der Waals surface area contributed by atoms with Crippen LogP contribution < -0.4 is 0 Å². The van der Waals surface area contributed by atoms with Crippen LogP contribution in [0.2, 0.25) is 24.8 Å². The molecule has 1 heterocycles. The zero-order valence-corrected chi connectivity index (χ0v) is 13.5. The van der Waals surface area contributed by atoms with Gasteiger partial charge in [-0.3, -0.25) is 0 Å². The second kappa shape index (κ2) is 5.92. The van der Waals surface area contributed by atoms with E-state index >= 15 is 0 Å². The van der Waals surface area contributed by atoms with Gasteiger partial charge in [-0.05, 0) is 12.5 Å². The van der Waals surface area contributed by atoms with Gasteiger partial charge in [-0.1, -0.05) is 30.4 Å².